The van der Waals surface area contributed by atoms with Crippen molar-refractivity contribution in [2.24, 2.45) is 5.92 Å². The van der Waals surface area contributed by atoms with Gasteiger partial charge in [0.05, 0.1) is 0 Å². The second kappa shape index (κ2) is 6.45. The van der Waals surface area contributed by atoms with E-state index >= 15 is 0 Å². The Kier molecular flexibility index (Phi) is 6.30. The Bertz CT molecular complexity index is 107. The first kappa shape index (κ1) is 10.7. The zero-order valence-corrected chi connectivity index (χ0v) is 8.48. The first-order chi connectivity index (χ1) is 5.16. The minimum absolute atomic E-state index is 0.913. The molecule has 0 amide bonds. The fraction of sp³-hybridized carbons (Fsp3) is 0.818. The van der Waals surface area contributed by atoms with E-state index in [1.165, 1.54) is 31.3 Å². The molecule has 0 heteroatoms. The van der Waals surface area contributed by atoms with Crippen LogP contribution in [0.5, 0.6) is 0 Å². The fourth-order valence-electron chi connectivity index (χ4n) is 1.29. The predicted molar refractivity (Wildman–Crippen MR) is 52.7 cm³/mol. The van der Waals surface area contributed by atoms with Crippen LogP contribution in [0.4, 0.5) is 0 Å². The van der Waals surface area contributed by atoms with E-state index < -0.39 is 0 Å². The number of hydrogen-bond acceptors (Lipinski definition) is 0. The van der Waals surface area contributed by atoms with Crippen molar-refractivity contribution in [1.82, 2.24) is 0 Å². The molecular formula is C11H22. The molecule has 11 heavy (non-hydrogen) atoms. The average molecular weight is 154 g/mol. The maximum atomic E-state index is 2.35. The molecule has 1 unspecified atom stereocenters. The standard InChI is InChI=1S/C11H22/c1-5-7-11(4)9-6-8-10(2)3/h8,11H,5-7,9H2,1-4H3. The van der Waals surface area contributed by atoms with E-state index in [0.29, 0.717) is 0 Å². The molecule has 0 radical (unpaired) electrons. The summed E-state index contributed by atoms with van der Waals surface area (Å²) in [6.45, 7) is 8.95. The molecule has 0 N–H and O–H groups in total. The molecule has 0 aliphatic heterocycles. The van der Waals surface area contributed by atoms with E-state index in [9.17, 15) is 0 Å². The van der Waals surface area contributed by atoms with Crippen LogP contribution in [0.2, 0.25) is 0 Å². The van der Waals surface area contributed by atoms with Crippen molar-refractivity contribution >= 4 is 0 Å². The van der Waals surface area contributed by atoms with Gasteiger partial charge in [0.25, 0.3) is 0 Å². The lowest BCUT2D eigenvalue weighted by Gasteiger charge is -2.06. The molecule has 0 aromatic carbocycles. The molecule has 0 saturated heterocycles. The van der Waals surface area contributed by atoms with Crippen molar-refractivity contribution in [3.8, 4) is 0 Å². The Morgan fingerprint density at radius 2 is 1.91 bits per heavy atom. The van der Waals surface area contributed by atoms with Gasteiger partial charge in [-0.05, 0) is 32.6 Å². The highest BCUT2D eigenvalue weighted by molar-refractivity contribution is 4.92. The van der Waals surface area contributed by atoms with Crippen molar-refractivity contribution in [1.29, 1.82) is 0 Å². The van der Waals surface area contributed by atoms with Crippen molar-refractivity contribution in [2.75, 3.05) is 0 Å². The van der Waals surface area contributed by atoms with E-state index in [-0.39, 0.29) is 0 Å². The van der Waals surface area contributed by atoms with Crippen LogP contribution < -0.4 is 0 Å². The van der Waals surface area contributed by atoms with Crippen LogP contribution >= 0.6 is 0 Å². The number of rotatable bonds is 5. The maximum Gasteiger partial charge on any atom is -0.0346 e. The third kappa shape index (κ3) is 7.64. The van der Waals surface area contributed by atoms with Crippen molar-refractivity contribution < 1.29 is 0 Å². The SMILES string of the molecule is CCCC(C)CCC=C(C)C. The van der Waals surface area contributed by atoms with Gasteiger partial charge in [-0.25, -0.2) is 0 Å². The first-order valence-corrected chi connectivity index (χ1v) is 4.80. The quantitative estimate of drug-likeness (QED) is 0.521. The molecule has 0 aromatic heterocycles. The Labute approximate surface area is 71.7 Å². The Morgan fingerprint density at radius 1 is 1.27 bits per heavy atom. The largest absolute Gasteiger partial charge is 0.0859 e. The molecular weight excluding hydrogens is 132 g/mol. The van der Waals surface area contributed by atoms with Gasteiger partial charge in [0.15, 0.2) is 0 Å². The van der Waals surface area contributed by atoms with Gasteiger partial charge >= 0.3 is 0 Å². The topological polar surface area (TPSA) is 0 Å². The fourth-order valence-corrected chi connectivity index (χ4v) is 1.29. The van der Waals surface area contributed by atoms with Crippen molar-refractivity contribution in [2.45, 2.75) is 53.4 Å². The second-order valence-corrected chi connectivity index (χ2v) is 3.75. The highest BCUT2D eigenvalue weighted by atomic mass is 14.0. The van der Waals surface area contributed by atoms with Crippen LogP contribution in [0.15, 0.2) is 11.6 Å². The molecule has 66 valence electrons. The van der Waals surface area contributed by atoms with E-state index in [1.54, 1.807) is 0 Å². The van der Waals surface area contributed by atoms with Gasteiger partial charge in [0.1, 0.15) is 0 Å². The molecule has 0 aliphatic rings. The van der Waals surface area contributed by atoms with Crippen molar-refractivity contribution in [3.63, 3.8) is 0 Å². The summed E-state index contributed by atoms with van der Waals surface area (Å²) >= 11 is 0. The van der Waals surface area contributed by atoms with Gasteiger partial charge in [-0.2, -0.15) is 0 Å². The van der Waals surface area contributed by atoms with Gasteiger partial charge in [-0.15, -0.1) is 0 Å². The molecule has 0 bridgehead atoms. The molecule has 0 nitrogen and oxygen atoms in total. The second-order valence-electron chi connectivity index (χ2n) is 3.75. The lowest BCUT2D eigenvalue weighted by atomic mass is 10.00. The first-order valence-electron chi connectivity index (χ1n) is 4.80. The normalized spacial score (nSPS) is 12.7. The third-order valence-corrected chi connectivity index (χ3v) is 1.99. The molecule has 0 fully saturated rings. The lowest BCUT2D eigenvalue weighted by Crippen LogP contribution is -1.92. The highest BCUT2D eigenvalue weighted by Crippen LogP contribution is 2.12. The van der Waals surface area contributed by atoms with Gasteiger partial charge < -0.3 is 0 Å². The van der Waals surface area contributed by atoms with E-state index in [2.05, 4.69) is 33.8 Å². The minimum atomic E-state index is 0.913. The van der Waals surface area contributed by atoms with E-state index in [0.717, 1.165) is 5.92 Å². The predicted octanol–water partition coefficient (Wildman–Crippen LogP) is 4.17. The number of hydrogen-bond donors (Lipinski definition) is 0. The van der Waals surface area contributed by atoms with Crippen molar-refractivity contribution in [3.05, 3.63) is 11.6 Å². The summed E-state index contributed by atoms with van der Waals surface area (Å²) in [7, 11) is 0. The Morgan fingerprint density at radius 3 is 2.36 bits per heavy atom. The zero-order chi connectivity index (χ0) is 8.69. The van der Waals surface area contributed by atoms with Crippen LogP contribution in [0, 0.1) is 5.92 Å². The molecule has 0 aromatic rings. The summed E-state index contributed by atoms with van der Waals surface area (Å²) in [5, 5.41) is 0. The van der Waals surface area contributed by atoms with Gasteiger partial charge in [0, 0.05) is 0 Å². The molecule has 0 saturated carbocycles. The molecule has 0 aliphatic carbocycles. The van der Waals surface area contributed by atoms with Gasteiger partial charge in [-0.3, -0.25) is 0 Å². The van der Waals surface area contributed by atoms with Crippen LogP contribution in [0.3, 0.4) is 0 Å². The third-order valence-electron chi connectivity index (χ3n) is 1.99. The smallest absolute Gasteiger partial charge is 0.0346 e. The number of allylic oxidation sites excluding steroid dienone is 2. The monoisotopic (exact) mass is 154 g/mol. The highest BCUT2D eigenvalue weighted by Gasteiger charge is 1.97. The van der Waals surface area contributed by atoms with Crippen LogP contribution in [0.1, 0.15) is 53.4 Å². The summed E-state index contributed by atoms with van der Waals surface area (Å²) < 4.78 is 0. The Hall–Kier alpha value is -0.260. The summed E-state index contributed by atoms with van der Waals surface area (Å²) in [6, 6.07) is 0. The summed E-state index contributed by atoms with van der Waals surface area (Å²) in [5.41, 5.74) is 1.45. The van der Waals surface area contributed by atoms with Crippen LogP contribution in [0.25, 0.3) is 0 Å². The Balaban J connectivity index is 3.31. The molecule has 0 rings (SSSR count). The molecule has 0 heterocycles. The molecule has 1 atom stereocenters. The summed E-state index contributed by atoms with van der Waals surface area (Å²) in [5.74, 6) is 0.913. The molecule has 0 spiro atoms. The summed E-state index contributed by atoms with van der Waals surface area (Å²) in [6.07, 6.45) is 7.68. The van der Waals surface area contributed by atoms with E-state index in [4.69, 9.17) is 0 Å². The van der Waals surface area contributed by atoms with Crippen LogP contribution in [-0.4, -0.2) is 0 Å². The zero-order valence-electron chi connectivity index (χ0n) is 8.48. The van der Waals surface area contributed by atoms with E-state index in [1.807, 2.05) is 0 Å². The average Bonchev–Trinajstić information content (AvgIpc) is 1.87. The lowest BCUT2D eigenvalue weighted by molar-refractivity contribution is 0.490. The maximum absolute atomic E-state index is 2.35. The minimum Gasteiger partial charge on any atom is -0.0859 e. The van der Waals surface area contributed by atoms with Gasteiger partial charge in [-0.1, -0.05) is 38.3 Å². The van der Waals surface area contributed by atoms with Gasteiger partial charge in [0.2, 0.25) is 0 Å². The summed E-state index contributed by atoms with van der Waals surface area (Å²) in [4.78, 5) is 0. The van der Waals surface area contributed by atoms with Crippen LogP contribution in [-0.2, 0) is 0 Å².